The molecule has 1 heterocycles. The molecule has 1 aromatic carbocycles. The van der Waals surface area contributed by atoms with Gasteiger partial charge in [-0.05, 0) is 53.6 Å². The van der Waals surface area contributed by atoms with Gasteiger partial charge in [-0.15, -0.1) is 0 Å². The molecule has 0 radical (unpaired) electrons. The maximum atomic E-state index is 11.8. The van der Waals surface area contributed by atoms with Gasteiger partial charge in [0.1, 0.15) is 6.10 Å². The van der Waals surface area contributed by atoms with Crippen molar-refractivity contribution in [3.63, 3.8) is 0 Å². The number of nitrogens with one attached hydrogen (secondary N) is 1. The van der Waals surface area contributed by atoms with Gasteiger partial charge in [-0.1, -0.05) is 11.6 Å². The Morgan fingerprint density at radius 2 is 2.38 bits per heavy atom. The number of amides is 1. The van der Waals surface area contributed by atoms with Gasteiger partial charge in [0.05, 0.1) is 5.69 Å². The summed E-state index contributed by atoms with van der Waals surface area (Å²) in [7, 11) is 0. The molecule has 1 aromatic rings. The first-order valence-electron chi connectivity index (χ1n) is 5.04. The monoisotopic (exact) mass is 351 g/mol. The van der Waals surface area contributed by atoms with E-state index >= 15 is 0 Å². The third-order valence-electron chi connectivity index (χ3n) is 2.41. The summed E-state index contributed by atoms with van der Waals surface area (Å²) < 4.78 is 6.24. The van der Waals surface area contributed by atoms with Gasteiger partial charge in [0.2, 0.25) is 0 Å². The Bertz CT molecular complexity index is 405. The summed E-state index contributed by atoms with van der Waals surface area (Å²) in [4.78, 5) is 11.8. The van der Waals surface area contributed by atoms with Crippen molar-refractivity contribution in [3.05, 3.63) is 26.8 Å². The van der Waals surface area contributed by atoms with Gasteiger partial charge in [-0.3, -0.25) is 4.79 Å². The highest BCUT2D eigenvalue weighted by Crippen LogP contribution is 2.23. The maximum Gasteiger partial charge on any atom is 0.253 e. The van der Waals surface area contributed by atoms with E-state index in [0.29, 0.717) is 11.6 Å². The van der Waals surface area contributed by atoms with Crippen molar-refractivity contribution in [2.75, 3.05) is 11.9 Å². The van der Waals surface area contributed by atoms with Gasteiger partial charge in [-0.2, -0.15) is 0 Å². The van der Waals surface area contributed by atoms with E-state index < -0.39 is 0 Å². The smallest absolute Gasteiger partial charge is 0.253 e. The lowest BCUT2D eigenvalue weighted by Crippen LogP contribution is -2.27. The Hall–Kier alpha value is -0.330. The summed E-state index contributed by atoms with van der Waals surface area (Å²) in [6.07, 6.45) is 1.46. The first-order valence-corrected chi connectivity index (χ1v) is 6.50. The van der Waals surface area contributed by atoms with Crippen LogP contribution in [0.2, 0.25) is 5.02 Å². The van der Waals surface area contributed by atoms with E-state index in [4.69, 9.17) is 16.3 Å². The van der Waals surface area contributed by atoms with E-state index in [-0.39, 0.29) is 12.0 Å². The summed E-state index contributed by atoms with van der Waals surface area (Å²) in [6, 6.07) is 5.37. The molecule has 5 heteroatoms. The summed E-state index contributed by atoms with van der Waals surface area (Å²) in [6.45, 7) is 0.676. The molecule has 1 saturated heterocycles. The van der Waals surface area contributed by atoms with E-state index in [1.807, 2.05) is 6.07 Å². The summed E-state index contributed by atoms with van der Waals surface area (Å²) in [5.74, 6) is -0.0715. The van der Waals surface area contributed by atoms with Crippen molar-refractivity contribution < 1.29 is 9.53 Å². The van der Waals surface area contributed by atoms with Crippen LogP contribution < -0.4 is 5.32 Å². The highest BCUT2D eigenvalue weighted by Gasteiger charge is 2.23. The molecule has 1 fully saturated rings. The van der Waals surface area contributed by atoms with Crippen LogP contribution in [-0.4, -0.2) is 18.6 Å². The number of carbonyl (C=O) groups is 1. The van der Waals surface area contributed by atoms with Crippen LogP contribution in [0.4, 0.5) is 5.69 Å². The predicted octanol–water partition coefficient (Wildman–Crippen LogP) is 3.06. The minimum atomic E-state index is -0.300. The Balaban J connectivity index is 2.05. The van der Waals surface area contributed by atoms with E-state index in [1.165, 1.54) is 0 Å². The second-order valence-electron chi connectivity index (χ2n) is 3.62. The molecule has 1 aliphatic heterocycles. The fraction of sp³-hybridized carbons (Fsp3) is 0.364. The van der Waals surface area contributed by atoms with Crippen LogP contribution in [0.1, 0.15) is 12.8 Å². The van der Waals surface area contributed by atoms with Gasteiger partial charge >= 0.3 is 0 Å². The SMILES string of the molecule is O=C(Nc1ccc(Cl)cc1I)[C@H]1CCCO1. The topological polar surface area (TPSA) is 38.3 Å². The molecule has 1 N–H and O–H groups in total. The predicted molar refractivity (Wildman–Crippen MR) is 71.8 cm³/mol. The number of anilines is 1. The molecule has 0 aliphatic carbocycles. The number of hydrogen-bond donors (Lipinski definition) is 1. The van der Waals surface area contributed by atoms with Crippen LogP contribution in [0.3, 0.4) is 0 Å². The highest BCUT2D eigenvalue weighted by molar-refractivity contribution is 14.1. The van der Waals surface area contributed by atoms with E-state index in [0.717, 1.165) is 22.1 Å². The number of halogens is 2. The Kier molecular flexibility index (Phi) is 4.05. The summed E-state index contributed by atoms with van der Waals surface area (Å²) in [5, 5.41) is 3.52. The standard InChI is InChI=1S/C11H11ClINO2/c12-7-3-4-9(8(13)6-7)14-11(15)10-2-1-5-16-10/h3-4,6,10H,1-2,5H2,(H,14,15)/t10-/m1/s1. The van der Waals surface area contributed by atoms with Crippen LogP contribution in [0.15, 0.2) is 18.2 Å². The van der Waals surface area contributed by atoms with Crippen molar-refractivity contribution in [3.8, 4) is 0 Å². The lowest BCUT2D eigenvalue weighted by atomic mass is 10.2. The first kappa shape index (κ1) is 12.1. The van der Waals surface area contributed by atoms with E-state index in [9.17, 15) is 4.79 Å². The maximum absolute atomic E-state index is 11.8. The third kappa shape index (κ3) is 2.87. The summed E-state index contributed by atoms with van der Waals surface area (Å²) in [5.41, 5.74) is 0.783. The van der Waals surface area contributed by atoms with Crippen LogP contribution in [0.25, 0.3) is 0 Å². The number of benzene rings is 1. The van der Waals surface area contributed by atoms with Crippen LogP contribution >= 0.6 is 34.2 Å². The van der Waals surface area contributed by atoms with Crippen LogP contribution in [-0.2, 0) is 9.53 Å². The molecule has 1 aliphatic rings. The first-order chi connectivity index (χ1) is 7.66. The lowest BCUT2D eigenvalue weighted by Gasteiger charge is -2.11. The molecule has 3 nitrogen and oxygen atoms in total. The van der Waals surface area contributed by atoms with Crippen LogP contribution in [0.5, 0.6) is 0 Å². The molecular formula is C11H11ClINO2. The average molecular weight is 352 g/mol. The van der Waals surface area contributed by atoms with E-state index in [2.05, 4.69) is 27.9 Å². The number of ether oxygens (including phenoxy) is 1. The van der Waals surface area contributed by atoms with Crippen molar-refractivity contribution in [1.29, 1.82) is 0 Å². The van der Waals surface area contributed by atoms with Gasteiger partial charge in [0, 0.05) is 15.2 Å². The van der Waals surface area contributed by atoms with Gasteiger partial charge in [0.15, 0.2) is 0 Å². The molecule has 0 unspecified atom stereocenters. The summed E-state index contributed by atoms with van der Waals surface area (Å²) >= 11 is 7.98. The second kappa shape index (κ2) is 5.33. The van der Waals surface area contributed by atoms with E-state index in [1.54, 1.807) is 12.1 Å². The minimum Gasteiger partial charge on any atom is -0.368 e. The molecule has 86 valence electrons. The Labute approximate surface area is 113 Å². The average Bonchev–Trinajstić information content (AvgIpc) is 2.75. The zero-order chi connectivity index (χ0) is 11.5. The van der Waals surface area contributed by atoms with Crippen LogP contribution in [0, 0.1) is 3.57 Å². The van der Waals surface area contributed by atoms with Gasteiger partial charge in [-0.25, -0.2) is 0 Å². The molecule has 1 amide bonds. The molecule has 0 spiro atoms. The van der Waals surface area contributed by atoms with Crippen molar-refractivity contribution in [2.45, 2.75) is 18.9 Å². The van der Waals surface area contributed by atoms with Crippen molar-refractivity contribution in [1.82, 2.24) is 0 Å². The quantitative estimate of drug-likeness (QED) is 0.832. The molecule has 1 atom stereocenters. The zero-order valence-corrected chi connectivity index (χ0v) is 11.4. The highest BCUT2D eigenvalue weighted by atomic mass is 127. The lowest BCUT2D eigenvalue weighted by molar-refractivity contribution is -0.124. The number of hydrogen-bond acceptors (Lipinski definition) is 2. The van der Waals surface area contributed by atoms with Crippen molar-refractivity contribution >= 4 is 45.8 Å². The zero-order valence-electron chi connectivity index (χ0n) is 8.50. The number of carbonyl (C=O) groups excluding carboxylic acids is 1. The van der Waals surface area contributed by atoms with Gasteiger partial charge < -0.3 is 10.1 Å². The molecule has 16 heavy (non-hydrogen) atoms. The molecular weight excluding hydrogens is 340 g/mol. The molecule has 0 saturated carbocycles. The fourth-order valence-corrected chi connectivity index (χ4v) is 2.59. The fourth-order valence-electron chi connectivity index (χ4n) is 1.59. The molecule has 0 bridgehead atoms. The third-order valence-corrected chi connectivity index (χ3v) is 3.54. The largest absolute Gasteiger partial charge is 0.368 e. The van der Waals surface area contributed by atoms with Crippen molar-refractivity contribution in [2.24, 2.45) is 0 Å². The Morgan fingerprint density at radius 1 is 1.56 bits per heavy atom. The Morgan fingerprint density at radius 3 is 3.00 bits per heavy atom. The minimum absolute atomic E-state index is 0.0715. The normalized spacial score (nSPS) is 19.8. The van der Waals surface area contributed by atoms with Gasteiger partial charge in [0.25, 0.3) is 5.91 Å². The molecule has 2 rings (SSSR count). The second-order valence-corrected chi connectivity index (χ2v) is 5.21. The number of rotatable bonds is 2. The molecule has 0 aromatic heterocycles.